The molecular weight excluding hydrogens is 284 g/mol. The van der Waals surface area contributed by atoms with E-state index in [1.165, 1.54) is 7.11 Å². The van der Waals surface area contributed by atoms with Crippen molar-refractivity contribution in [3.63, 3.8) is 0 Å². The van der Waals surface area contributed by atoms with Gasteiger partial charge >= 0.3 is 6.09 Å². The number of piperidine rings is 1. The predicted octanol–water partition coefficient (Wildman–Crippen LogP) is 0.560. The fourth-order valence-electron chi connectivity index (χ4n) is 2.06. The van der Waals surface area contributed by atoms with Crippen LogP contribution >= 0.6 is 0 Å². The first-order valence-electron chi connectivity index (χ1n) is 6.50. The Hall–Kier alpha value is -0.860. The summed E-state index contributed by atoms with van der Waals surface area (Å²) in [6, 6.07) is -0.325. The van der Waals surface area contributed by atoms with E-state index >= 15 is 0 Å². The molecule has 0 unspecified atom stereocenters. The van der Waals surface area contributed by atoms with Gasteiger partial charge in [-0.15, -0.1) is 0 Å². The number of nitrogens with zero attached hydrogens (tertiary/aromatic N) is 1. The molecule has 0 aliphatic carbocycles. The highest BCUT2D eigenvalue weighted by Crippen LogP contribution is 2.18. The Kier molecular flexibility index (Phi) is 5.39. The molecule has 7 nitrogen and oxygen atoms in total. The molecular formula is C12H24N2O5S. The first kappa shape index (κ1) is 17.2. The number of nitrogens with one attached hydrogen (secondary N) is 1. The summed E-state index contributed by atoms with van der Waals surface area (Å²) in [5.41, 5.74) is -0.554. The highest BCUT2D eigenvalue weighted by Gasteiger charge is 2.34. The Morgan fingerprint density at radius 1 is 1.35 bits per heavy atom. The Morgan fingerprint density at radius 3 is 2.40 bits per heavy atom. The standard InChI is InChI=1S/C12H24N2O5S/c1-12(2,3)19-11(15)14-7-6-9(10(8-14)18-4)13-20(5,16)17/h9-10,13H,6-8H2,1-5H3/t9-,10-/m1/s1. The van der Waals surface area contributed by atoms with Crippen LogP contribution in [0.15, 0.2) is 0 Å². The van der Waals surface area contributed by atoms with E-state index in [-0.39, 0.29) is 12.1 Å². The van der Waals surface area contributed by atoms with Gasteiger partial charge in [0.05, 0.1) is 24.9 Å². The second-order valence-corrected chi connectivity index (χ2v) is 7.77. The van der Waals surface area contributed by atoms with Gasteiger partial charge in [0, 0.05) is 13.7 Å². The molecule has 0 bridgehead atoms. The largest absolute Gasteiger partial charge is 0.444 e. The Morgan fingerprint density at radius 2 is 1.95 bits per heavy atom. The summed E-state index contributed by atoms with van der Waals surface area (Å²) in [6.07, 6.45) is 0.813. The van der Waals surface area contributed by atoms with Crippen molar-refractivity contribution in [3.05, 3.63) is 0 Å². The number of rotatable bonds is 3. The van der Waals surface area contributed by atoms with Crippen molar-refractivity contribution in [2.45, 2.75) is 44.9 Å². The SMILES string of the molecule is CO[C@@H]1CN(C(=O)OC(C)(C)C)CC[C@H]1NS(C)(=O)=O. The maximum absolute atomic E-state index is 12.0. The van der Waals surface area contributed by atoms with E-state index in [1.54, 1.807) is 25.7 Å². The quantitative estimate of drug-likeness (QED) is 0.823. The van der Waals surface area contributed by atoms with Crippen LogP contribution in [0.1, 0.15) is 27.2 Å². The van der Waals surface area contributed by atoms with Crippen LogP contribution in [0.25, 0.3) is 0 Å². The average Bonchev–Trinajstić information content (AvgIpc) is 2.25. The monoisotopic (exact) mass is 308 g/mol. The molecule has 0 aromatic carbocycles. The van der Waals surface area contributed by atoms with Gasteiger partial charge in [-0.1, -0.05) is 0 Å². The van der Waals surface area contributed by atoms with Crippen molar-refractivity contribution in [3.8, 4) is 0 Å². The van der Waals surface area contributed by atoms with Crippen LogP contribution in [0.5, 0.6) is 0 Å². The highest BCUT2D eigenvalue weighted by molar-refractivity contribution is 7.88. The number of carbonyl (C=O) groups excluding carboxylic acids is 1. The minimum absolute atomic E-state index is 0.304. The highest BCUT2D eigenvalue weighted by atomic mass is 32.2. The van der Waals surface area contributed by atoms with E-state index in [9.17, 15) is 13.2 Å². The number of hydrogen-bond acceptors (Lipinski definition) is 5. The first-order chi connectivity index (χ1) is 9.02. The second kappa shape index (κ2) is 6.28. The average molecular weight is 308 g/mol. The van der Waals surface area contributed by atoms with Crippen molar-refractivity contribution >= 4 is 16.1 Å². The molecule has 0 aromatic heterocycles. The van der Waals surface area contributed by atoms with E-state index in [0.717, 1.165) is 6.26 Å². The number of carbonyl (C=O) groups is 1. The Labute approximate surface area is 120 Å². The number of hydrogen-bond donors (Lipinski definition) is 1. The predicted molar refractivity (Wildman–Crippen MR) is 75.0 cm³/mol. The van der Waals surface area contributed by atoms with Gasteiger partial charge in [0.1, 0.15) is 5.60 Å². The summed E-state index contributed by atoms with van der Waals surface area (Å²) in [4.78, 5) is 13.5. The van der Waals surface area contributed by atoms with Crippen molar-refractivity contribution in [1.82, 2.24) is 9.62 Å². The number of sulfonamides is 1. The molecule has 0 saturated carbocycles. The summed E-state index contributed by atoms with van der Waals surface area (Å²) in [5, 5.41) is 0. The van der Waals surface area contributed by atoms with Crippen molar-refractivity contribution in [2.24, 2.45) is 0 Å². The molecule has 1 heterocycles. The molecule has 1 aliphatic heterocycles. The molecule has 1 rings (SSSR count). The van der Waals surface area contributed by atoms with E-state index in [2.05, 4.69) is 4.72 Å². The fourth-order valence-corrected chi connectivity index (χ4v) is 2.88. The molecule has 0 radical (unpaired) electrons. The van der Waals surface area contributed by atoms with Crippen molar-refractivity contribution in [1.29, 1.82) is 0 Å². The minimum Gasteiger partial charge on any atom is -0.444 e. The van der Waals surface area contributed by atoms with Crippen LogP contribution in [0.2, 0.25) is 0 Å². The molecule has 1 aliphatic rings. The molecule has 0 aromatic rings. The van der Waals surface area contributed by atoms with Crippen LogP contribution in [0, 0.1) is 0 Å². The topological polar surface area (TPSA) is 84.9 Å². The molecule has 1 N–H and O–H groups in total. The maximum Gasteiger partial charge on any atom is 0.410 e. The van der Waals surface area contributed by atoms with Crippen LogP contribution < -0.4 is 4.72 Å². The molecule has 1 fully saturated rings. The van der Waals surface area contributed by atoms with Gasteiger partial charge in [0.25, 0.3) is 0 Å². The van der Waals surface area contributed by atoms with Gasteiger partial charge < -0.3 is 14.4 Å². The van der Waals surface area contributed by atoms with Crippen LogP contribution in [-0.2, 0) is 19.5 Å². The molecule has 118 valence electrons. The van der Waals surface area contributed by atoms with Crippen LogP contribution in [-0.4, -0.2) is 63.6 Å². The van der Waals surface area contributed by atoms with Crippen molar-refractivity contribution < 1.29 is 22.7 Å². The lowest BCUT2D eigenvalue weighted by molar-refractivity contribution is -0.0148. The fraction of sp³-hybridized carbons (Fsp3) is 0.917. The molecule has 0 spiro atoms. The zero-order valence-electron chi connectivity index (χ0n) is 12.7. The van der Waals surface area contributed by atoms with Crippen LogP contribution in [0.3, 0.4) is 0 Å². The van der Waals surface area contributed by atoms with Crippen molar-refractivity contribution in [2.75, 3.05) is 26.5 Å². The number of amides is 1. The smallest absolute Gasteiger partial charge is 0.410 e. The van der Waals surface area contributed by atoms with Crippen LogP contribution in [0.4, 0.5) is 4.79 Å². The first-order valence-corrected chi connectivity index (χ1v) is 8.39. The lowest BCUT2D eigenvalue weighted by Crippen LogP contribution is -2.56. The van der Waals surface area contributed by atoms with E-state index in [1.807, 2.05) is 0 Å². The van der Waals surface area contributed by atoms with Gasteiger partial charge in [-0.3, -0.25) is 0 Å². The zero-order valence-corrected chi connectivity index (χ0v) is 13.5. The lowest BCUT2D eigenvalue weighted by atomic mass is 10.0. The van der Waals surface area contributed by atoms with E-state index in [4.69, 9.17) is 9.47 Å². The maximum atomic E-state index is 12.0. The summed E-state index contributed by atoms with van der Waals surface area (Å²) in [5.74, 6) is 0. The molecule has 8 heteroatoms. The molecule has 20 heavy (non-hydrogen) atoms. The van der Waals surface area contributed by atoms with Gasteiger partial charge in [0.15, 0.2) is 0 Å². The summed E-state index contributed by atoms with van der Waals surface area (Å²) in [7, 11) is -1.80. The van der Waals surface area contributed by atoms with E-state index < -0.39 is 21.7 Å². The molecule has 1 saturated heterocycles. The third-order valence-corrected chi connectivity index (χ3v) is 3.61. The summed E-state index contributed by atoms with van der Waals surface area (Å²) in [6.45, 7) is 6.14. The van der Waals surface area contributed by atoms with E-state index in [0.29, 0.717) is 19.5 Å². The van der Waals surface area contributed by atoms with Gasteiger partial charge in [-0.05, 0) is 27.2 Å². The number of methoxy groups -OCH3 is 1. The zero-order chi connectivity index (χ0) is 15.6. The number of ether oxygens (including phenoxy) is 2. The summed E-state index contributed by atoms with van der Waals surface area (Å²) >= 11 is 0. The number of likely N-dealkylation sites (tertiary alicyclic amines) is 1. The minimum atomic E-state index is -3.30. The van der Waals surface area contributed by atoms with Gasteiger partial charge in [0.2, 0.25) is 10.0 Å². The molecule has 1 amide bonds. The van der Waals surface area contributed by atoms with Gasteiger partial charge in [-0.25, -0.2) is 17.9 Å². The molecule has 2 atom stereocenters. The normalized spacial score (nSPS) is 24.6. The Bertz CT molecular complexity index is 443. The van der Waals surface area contributed by atoms with Gasteiger partial charge in [-0.2, -0.15) is 0 Å². The third kappa shape index (κ3) is 5.64. The third-order valence-electron chi connectivity index (χ3n) is 2.88. The second-order valence-electron chi connectivity index (χ2n) is 5.99. The summed E-state index contributed by atoms with van der Waals surface area (Å²) < 4.78 is 35.7. The Balaban J connectivity index is 2.65. The lowest BCUT2D eigenvalue weighted by Gasteiger charge is -2.38.